The number of pyridine rings is 1. The molecule has 0 atom stereocenters. The molecular formula is C12H19N3O3S. The molecule has 1 aromatic heterocycles. The molecule has 1 aliphatic rings. The second-order valence-corrected chi connectivity index (χ2v) is 6.22. The van der Waals surface area contributed by atoms with Crippen molar-refractivity contribution in [3.63, 3.8) is 0 Å². The van der Waals surface area contributed by atoms with Crippen LogP contribution in [-0.4, -0.2) is 50.6 Å². The van der Waals surface area contributed by atoms with E-state index in [2.05, 4.69) is 10.3 Å². The fraction of sp³-hybridized carbons (Fsp3) is 0.583. The van der Waals surface area contributed by atoms with Gasteiger partial charge in [0.05, 0.1) is 18.9 Å². The first-order valence-corrected chi connectivity index (χ1v) is 7.86. The van der Waals surface area contributed by atoms with Crippen molar-refractivity contribution in [1.29, 1.82) is 0 Å². The van der Waals surface area contributed by atoms with Gasteiger partial charge in [-0.2, -0.15) is 4.31 Å². The average Bonchev–Trinajstić information content (AvgIpc) is 2.46. The Balaban J connectivity index is 2.28. The highest BCUT2D eigenvalue weighted by molar-refractivity contribution is 7.89. The maximum absolute atomic E-state index is 12.6. The summed E-state index contributed by atoms with van der Waals surface area (Å²) in [6, 6.07) is 1.70. The largest absolute Gasteiger partial charge is 0.384 e. The number of rotatable bonds is 5. The Labute approximate surface area is 113 Å². The van der Waals surface area contributed by atoms with Gasteiger partial charge in [0.1, 0.15) is 4.90 Å². The van der Waals surface area contributed by atoms with Crippen LogP contribution in [0.4, 0.5) is 5.69 Å². The number of nitrogens with zero attached hydrogens (tertiary/aromatic N) is 2. The maximum atomic E-state index is 12.6. The van der Waals surface area contributed by atoms with E-state index >= 15 is 0 Å². The average molecular weight is 285 g/mol. The van der Waals surface area contributed by atoms with Crippen LogP contribution in [-0.2, 0) is 14.8 Å². The molecule has 2 rings (SSSR count). The molecule has 6 nitrogen and oxygen atoms in total. The summed E-state index contributed by atoms with van der Waals surface area (Å²) < 4.78 is 31.8. The molecule has 0 aromatic carbocycles. The van der Waals surface area contributed by atoms with E-state index in [9.17, 15) is 8.42 Å². The lowest BCUT2D eigenvalue weighted by Crippen LogP contribution is -2.40. The van der Waals surface area contributed by atoms with Crippen LogP contribution in [0, 0.1) is 0 Å². The van der Waals surface area contributed by atoms with Crippen LogP contribution >= 0.6 is 0 Å². The summed E-state index contributed by atoms with van der Waals surface area (Å²) in [5, 5.41) is 3.13. The van der Waals surface area contributed by atoms with Crippen molar-refractivity contribution in [3.8, 4) is 0 Å². The molecule has 0 radical (unpaired) electrons. The smallest absolute Gasteiger partial charge is 0.246 e. The molecule has 106 valence electrons. The Morgan fingerprint density at radius 2 is 2.16 bits per heavy atom. The molecule has 1 saturated heterocycles. The molecule has 2 heterocycles. The lowest BCUT2D eigenvalue weighted by atomic mass is 10.4. The molecule has 1 N–H and O–H groups in total. The van der Waals surface area contributed by atoms with Gasteiger partial charge in [-0.1, -0.05) is 6.92 Å². The van der Waals surface area contributed by atoms with E-state index in [0.717, 1.165) is 13.0 Å². The minimum absolute atomic E-state index is 0.241. The van der Waals surface area contributed by atoms with Crippen molar-refractivity contribution in [1.82, 2.24) is 9.29 Å². The van der Waals surface area contributed by atoms with Crippen LogP contribution in [0.5, 0.6) is 0 Å². The van der Waals surface area contributed by atoms with Gasteiger partial charge in [-0.15, -0.1) is 0 Å². The molecule has 0 saturated carbocycles. The van der Waals surface area contributed by atoms with E-state index in [1.165, 1.54) is 10.5 Å². The molecule has 1 aliphatic heterocycles. The Morgan fingerprint density at radius 1 is 1.42 bits per heavy atom. The van der Waals surface area contributed by atoms with Gasteiger partial charge in [-0.05, 0) is 12.5 Å². The van der Waals surface area contributed by atoms with Gasteiger partial charge in [0.2, 0.25) is 10.0 Å². The number of ether oxygens (including phenoxy) is 1. The number of aromatic nitrogens is 1. The topological polar surface area (TPSA) is 71.5 Å². The first-order chi connectivity index (χ1) is 9.16. The SMILES string of the molecule is CCCNc1ccncc1S(=O)(=O)N1CCOCC1. The van der Waals surface area contributed by atoms with Crippen LogP contribution < -0.4 is 5.32 Å². The lowest BCUT2D eigenvalue weighted by Gasteiger charge is -2.26. The van der Waals surface area contributed by atoms with Crippen LogP contribution in [0.15, 0.2) is 23.4 Å². The third kappa shape index (κ3) is 3.23. The number of hydrogen-bond acceptors (Lipinski definition) is 5. The van der Waals surface area contributed by atoms with Gasteiger partial charge in [0.25, 0.3) is 0 Å². The molecule has 7 heteroatoms. The third-order valence-corrected chi connectivity index (χ3v) is 4.86. The number of nitrogens with one attached hydrogen (secondary N) is 1. The number of hydrogen-bond donors (Lipinski definition) is 1. The predicted molar refractivity (Wildman–Crippen MR) is 72.6 cm³/mol. The van der Waals surface area contributed by atoms with Crippen molar-refractivity contribution in [2.24, 2.45) is 0 Å². The zero-order chi connectivity index (χ0) is 13.7. The Morgan fingerprint density at radius 3 is 2.84 bits per heavy atom. The molecule has 0 spiro atoms. The molecular weight excluding hydrogens is 266 g/mol. The highest BCUT2D eigenvalue weighted by Gasteiger charge is 2.28. The zero-order valence-corrected chi connectivity index (χ0v) is 11.8. The first kappa shape index (κ1) is 14.2. The predicted octanol–water partition coefficient (Wildman–Crippen LogP) is 0.924. The Kier molecular flexibility index (Phi) is 4.73. The summed E-state index contributed by atoms with van der Waals surface area (Å²) in [4.78, 5) is 4.18. The van der Waals surface area contributed by atoms with E-state index in [-0.39, 0.29) is 4.90 Å². The van der Waals surface area contributed by atoms with E-state index in [4.69, 9.17) is 4.74 Å². The van der Waals surface area contributed by atoms with Crippen LogP contribution in [0.2, 0.25) is 0 Å². The highest BCUT2D eigenvalue weighted by Crippen LogP contribution is 2.24. The first-order valence-electron chi connectivity index (χ1n) is 6.42. The lowest BCUT2D eigenvalue weighted by molar-refractivity contribution is 0.0730. The van der Waals surface area contributed by atoms with Crippen LogP contribution in [0.3, 0.4) is 0 Å². The highest BCUT2D eigenvalue weighted by atomic mass is 32.2. The summed E-state index contributed by atoms with van der Waals surface area (Å²) in [6.45, 7) is 4.43. The van der Waals surface area contributed by atoms with Crippen molar-refractivity contribution >= 4 is 15.7 Å². The normalized spacial score (nSPS) is 17.3. The quantitative estimate of drug-likeness (QED) is 0.871. The molecule has 1 aromatic rings. The molecule has 0 aliphatic carbocycles. The standard InChI is InChI=1S/C12H19N3O3S/c1-2-4-14-11-3-5-13-10-12(11)19(16,17)15-6-8-18-9-7-15/h3,5,10H,2,4,6-9H2,1H3,(H,13,14). The maximum Gasteiger partial charge on any atom is 0.246 e. The number of morpholine rings is 1. The van der Waals surface area contributed by atoms with Crippen molar-refractivity contribution in [2.75, 3.05) is 38.2 Å². The van der Waals surface area contributed by atoms with E-state index in [0.29, 0.717) is 32.0 Å². The van der Waals surface area contributed by atoms with E-state index < -0.39 is 10.0 Å². The summed E-state index contributed by atoms with van der Waals surface area (Å²) in [5.74, 6) is 0. The van der Waals surface area contributed by atoms with Gasteiger partial charge in [-0.25, -0.2) is 8.42 Å². The second kappa shape index (κ2) is 6.31. The van der Waals surface area contributed by atoms with Crippen LogP contribution in [0.25, 0.3) is 0 Å². The fourth-order valence-corrected chi connectivity index (χ4v) is 3.44. The van der Waals surface area contributed by atoms with E-state index in [1.807, 2.05) is 6.92 Å². The van der Waals surface area contributed by atoms with Crippen molar-refractivity contribution in [3.05, 3.63) is 18.5 Å². The molecule has 1 fully saturated rings. The van der Waals surface area contributed by atoms with Crippen molar-refractivity contribution < 1.29 is 13.2 Å². The van der Waals surface area contributed by atoms with Gasteiger partial charge in [-0.3, -0.25) is 4.98 Å². The summed E-state index contributed by atoms with van der Waals surface area (Å²) >= 11 is 0. The van der Waals surface area contributed by atoms with Crippen molar-refractivity contribution in [2.45, 2.75) is 18.2 Å². The molecule has 19 heavy (non-hydrogen) atoms. The van der Waals surface area contributed by atoms with E-state index in [1.54, 1.807) is 12.3 Å². The number of anilines is 1. The van der Waals surface area contributed by atoms with Gasteiger partial charge in [0.15, 0.2) is 0 Å². The minimum Gasteiger partial charge on any atom is -0.384 e. The minimum atomic E-state index is -3.49. The Hall–Kier alpha value is -1.18. The fourth-order valence-electron chi connectivity index (χ4n) is 1.92. The third-order valence-electron chi connectivity index (χ3n) is 2.94. The second-order valence-electron chi connectivity index (χ2n) is 4.32. The molecule has 0 bridgehead atoms. The summed E-state index contributed by atoms with van der Waals surface area (Å²) in [7, 11) is -3.49. The number of sulfonamides is 1. The van der Waals surface area contributed by atoms with Gasteiger partial charge >= 0.3 is 0 Å². The Bertz CT molecular complexity index is 513. The van der Waals surface area contributed by atoms with Gasteiger partial charge in [0, 0.05) is 32.0 Å². The molecule has 0 amide bonds. The van der Waals surface area contributed by atoms with Gasteiger partial charge < -0.3 is 10.1 Å². The summed E-state index contributed by atoms with van der Waals surface area (Å²) in [5.41, 5.74) is 0.614. The summed E-state index contributed by atoms with van der Waals surface area (Å²) in [6.07, 6.45) is 3.93. The molecule has 0 unspecified atom stereocenters. The van der Waals surface area contributed by atoms with Crippen LogP contribution in [0.1, 0.15) is 13.3 Å². The monoisotopic (exact) mass is 285 g/mol. The zero-order valence-electron chi connectivity index (χ0n) is 11.0.